The van der Waals surface area contributed by atoms with Gasteiger partial charge in [-0.25, -0.2) is 13.4 Å². The topological polar surface area (TPSA) is 83.7 Å². The van der Waals surface area contributed by atoms with Gasteiger partial charge in [0.05, 0.1) is 10.4 Å². The first kappa shape index (κ1) is 19.0. The molecular weight excluding hydrogens is 400 g/mol. The fraction of sp³-hybridized carbons (Fsp3) is 0.286. The van der Waals surface area contributed by atoms with Crippen LogP contribution < -0.4 is 4.90 Å². The molecule has 1 fully saturated rings. The molecule has 3 heterocycles. The van der Waals surface area contributed by atoms with Crippen molar-refractivity contribution >= 4 is 32.2 Å². The predicted molar refractivity (Wildman–Crippen MR) is 115 cm³/mol. The van der Waals surface area contributed by atoms with Crippen molar-refractivity contribution in [2.24, 2.45) is 0 Å². The maximum Gasteiger partial charge on any atom is 0.229 e. The highest BCUT2D eigenvalue weighted by Gasteiger charge is 2.28. The predicted octanol–water partition coefficient (Wildman–Crippen LogP) is 2.25. The Kier molecular flexibility index (Phi) is 4.63. The van der Waals surface area contributed by atoms with Crippen molar-refractivity contribution in [2.45, 2.75) is 16.3 Å². The van der Waals surface area contributed by atoms with E-state index in [0.29, 0.717) is 0 Å². The highest BCUT2D eigenvalue weighted by Crippen LogP contribution is 2.30. The van der Waals surface area contributed by atoms with Crippen LogP contribution in [0.25, 0.3) is 16.6 Å². The number of sulfone groups is 1. The molecule has 154 valence electrons. The third-order valence-corrected chi connectivity index (χ3v) is 7.20. The number of hydrogen-bond acceptors (Lipinski definition) is 7. The quantitative estimate of drug-likeness (QED) is 0.501. The first-order chi connectivity index (χ1) is 14.6. The van der Waals surface area contributed by atoms with E-state index in [1.165, 1.54) is 4.52 Å². The maximum absolute atomic E-state index is 13.3. The van der Waals surface area contributed by atoms with Crippen LogP contribution in [0.4, 0.5) is 5.82 Å². The van der Waals surface area contributed by atoms with E-state index < -0.39 is 9.84 Å². The molecule has 0 N–H and O–H groups in total. The second-order valence-corrected chi connectivity index (χ2v) is 9.41. The molecule has 9 heteroatoms. The van der Waals surface area contributed by atoms with Crippen molar-refractivity contribution in [2.75, 3.05) is 38.1 Å². The van der Waals surface area contributed by atoms with Crippen molar-refractivity contribution in [1.82, 2.24) is 24.7 Å². The van der Waals surface area contributed by atoms with Gasteiger partial charge >= 0.3 is 0 Å². The fourth-order valence-corrected chi connectivity index (χ4v) is 5.17. The molecule has 0 amide bonds. The van der Waals surface area contributed by atoms with Crippen molar-refractivity contribution in [3.8, 4) is 0 Å². The third-order valence-electron chi connectivity index (χ3n) is 5.53. The molecule has 0 unspecified atom stereocenters. The molecule has 0 radical (unpaired) electrons. The van der Waals surface area contributed by atoms with Gasteiger partial charge in [-0.1, -0.05) is 35.5 Å². The minimum atomic E-state index is -3.84. The highest BCUT2D eigenvalue weighted by molar-refractivity contribution is 7.91. The van der Waals surface area contributed by atoms with Gasteiger partial charge in [0.25, 0.3) is 0 Å². The molecule has 0 spiro atoms. The van der Waals surface area contributed by atoms with E-state index in [1.54, 1.807) is 30.3 Å². The zero-order valence-corrected chi connectivity index (χ0v) is 17.5. The van der Waals surface area contributed by atoms with Gasteiger partial charge in [-0.2, -0.15) is 4.52 Å². The Morgan fingerprint density at radius 1 is 0.900 bits per heavy atom. The highest BCUT2D eigenvalue weighted by atomic mass is 32.2. The molecular formula is C21H22N6O2S. The zero-order chi connectivity index (χ0) is 20.7. The summed E-state index contributed by atoms with van der Waals surface area (Å²) in [6.07, 6.45) is 1.02. The summed E-state index contributed by atoms with van der Waals surface area (Å²) in [6.45, 7) is 3.64. The molecule has 5 rings (SSSR count). The van der Waals surface area contributed by atoms with E-state index in [-0.39, 0.29) is 15.6 Å². The lowest BCUT2D eigenvalue weighted by Gasteiger charge is -2.23. The summed E-state index contributed by atoms with van der Waals surface area (Å²) in [4.78, 5) is 9.52. The van der Waals surface area contributed by atoms with Gasteiger partial charge in [-0.15, -0.1) is 5.10 Å². The van der Waals surface area contributed by atoms with Crippen LogP contribution in [0.15, 0.2) is 64.5 Å². The van der Waals surface area contributed by atoms with Crippen molar-refractivity contribution < 1.29 is 8.42 Å². The van der Waals surface area contributed by atoms with E-state index in [2.05, 4.69) is 27.2 Å². The second-order valence-electron chi connectivity index (χ2n) is 7.54. The average molecular weight is 423 g/mol. The lowest BCUT2D eigenvalue weighted by atomic mass is 10.2. The number of nitrogens with zero attached hydrogens (tertiary/aromatic N) is 6. The second kappa shape index (κ2) is 7.33. The van der Waals surface area contributed by atoms with Gasteiger partial charge < -0.3 is 9.80 Å². The SMILES string of the molecule is CN1CCCN(c2nc3c(S(=O)(=O)c4ccccc4)nnn3c3ccccc23)CC1. The number of hydrogen-bond donors (Lipinski definition) is 0. The van der Waals surface area contributed by atoms with Crippen LogP contribution in [0.5, 0.6) is 0 Å². The Labute approximate surface area is 174 Å². The fourth-order valence-electron chi connectivity index (χ4n) is 3.91. The number of rotatable bonds is 3. The Morgan fingerprint density at radius 2 is 1.67 bits per heavy atom. The van der Waals surface area contributed by atoms with Gasteiger partial charge in [0.1, 0.15) is 5.82 Å². The van der Waals surface area contributed by atoms with Crippen LogP contribution in [-0.4, -0.2) is 66.4 Å². The number of aromatic nitrogens is 4. The summed E-state index contributed by atoms with van der Waals surface area (Å²) >= 11 is 0. The Balaban J connectivity index is 1.74. The molecule has 2 aromatic heterocycles. The molecule has 4 aromatic rings. The molecule has 1 aliphatic rings. The van der Waals surface area contributed by atoms with Crippen molar-refractivity contribution in [3.63, 3.8) is 0 Å². The summed E-state index contributed by atoms with van der Waals surface area (Å²) < 4.78 is 28.0. The molecule has 1 aliphatic heterocycles. The maximum atomic E-state index is 13.3. The van der Waals surface area contributed by atoms with Gasteiger partial charge in [-0.05, 0) is 44.3 Å². The van der Waals surface area contributed by atoms with Crippen LogP contribution in [-0.2, 0) is 9.84 Å². The van der Waals surface area contributed by atoms with E-state index in [0.717, 1.165) is 49.3 Å². The van der Waals surface area contributed by atoms with E-state index >= 15 is 0 Å². The number of fused-ring (bicyclic) bond motifs is 3. The Bertz CT molecular complexity index is 1320. The number of anilines is 1. The molecule has 0 saturated carbocycles. The van der Waals surface area contributed by atoms with Crippen molar-refractivity contribution in [3.05, 3.63) is 54.6 Å². The first-order valence-electron chi connectivity index (χ1n) is 9.93. The van der Waals surface area contributed by atoms with Gasteiger partial charge in [0, 0.05) is 25.0 Å². The summed E-state index contributed by atoms with van der Waals surface area (Å²) in [7, 11) is -1.72. The summed E-state index contributed by atoms with van der Waals surface area (Å²) in [5, 5.41) is 9.02. The van der Waals surface area contributed by atoms with Crippen LogP contribution in [0.3, 0.4) is 0 Å². The molecule has 0 atom stereocenters. The summed E-state index contributed by atoms with van der Waals surface area (Å²) in [6, 6.07) is 16.1. The van der Waals surface area contributed by atoms with Crippen LogP contribution in [0.1, 0.15) is 6.42 Å². The van der Waals surface area contributed by atoms with E-state index in [1.807, 2.05) is 24.3 Å². The summed E-state index contributed by atoms with van der Waals surface area (Å²) in [5.41, 5.74) is 1.04. The minimum absolute atomic E-state index is 0.118. The van der Waals surface area contributed by atoms with Crippen LogP contribution >= 0.6 is 0 Å². The van der Waals surface area contributed by atoms with Gasteiger partial charge in [0.15, 0.2) is 5.65 Å². The van der Waals surface area contributed by atoms with Gasteiger partial charge in [0.2, 0.25) is 14.9 Å². The molecule has 0 bridgehead atoms. The van der Waals surface area contributed by atoms with E-state index in [4.69, 9.17) is 4.98 Å². The molecule has 1 saturated heterocycles. The zero-order valence-electron chi connectivity index (χ0n) is 16.6. The molecule has 30 heavy (non-hydrogen) atoms. The Morgan fingerprint density at radius 3 is 2.50 bits per heavy atom. The van der Waals surface area contributed by atoms with E-state index in [9.17, 15) is 8.42 Å². The smallest absolute Gasteiger partial charge is 0.229 e. The minimum Gasteiger partial charge on any atom is -0.355 e. The average Bonchev–Trinajstić information content (AvgIpc) is 3.10. The molecule has 0 aliphatic carbocycles. The lowest BCUT2D eigenvalue weighted by molar-refractivity contribution is 0.360. The standard InChI is InChI=1S/C21H22N6O2S/c1-25-12-7-13-26(15-14-25)19-17-10-5-6-11-18(17)27-20(22-19)21(23-24-27)30(28,29)16-8-3-2-4-9-16/h2-6,8-11H,7,12-15H2,1H3. The lowest BCUT2D eigenvalue weighted by Crippen LogP contribution is -2.29. The largest absolute Gasteiger partial charge is 0.355 e. The molecule has 2 aromatic carbocycles. The Hall–Kier alpha value is -3.04. The van der Waals surface area contributed by atoms with Crippen LogP contribution in [0, 0.1) is 0 Å². The van der Waals surface area contributed by atoms with Gasteiger partial charge in [-0.3, -0.25) is 0 Å². The third kappa shape index (κ3) is 3.10. The normalized spacial score (nSPS) is 16.2. The van der Waals surface area contributed by atoms with Crippen molar-refractivity contribution in [1.29, 1.82) is 0 Å². The monoisotopic (exact) mass is 422 g/mol. The number of para-hydroxylation sites is 1. The number of likely N-dealkylation sites (N-methyl/N-ethyl adjacent to an activating group) is 1. The number of benzene rings is 2. The first-order valence-corrected chi connectivity index (χ1v) is 11.4. The summed E-state index contributed by atoms with van der Waals surface area (Å²) in [5.74, 6) is 0.778. The molecule has 8 nitrogen and oxygen atoms in total. The van der Waals surface area contributed by atoms with Crippen LogP contribution in [0.2, 0.25) is 0 Å².